The Morgan fingerprint density at radius 2 is 1.72 bits per heavy atom. The molecule has 0 saturated heterocycles. The van der Waals surface area contributed by atoms with Crippen molar-refractivity contribution in [2.24, 2.45) is 0 Å². The molecule has 0 saturated carbocycles. The summed E-state index contributed by atoms with van der Waals surface area (Å²) in [5, 5.41) is 0. The molecule has 2 aromatic rings. The molecule has 0 radical (unpaired) electrons. The predicted molar refractivity (Wildman–Crippen MR) is 98.6 cm³/mol. The largest absolute Gasteiger partial charge is 0.497 e. The number of rotatable bonds is 7. The summed E-state index contributed by atoms with van der Waals surface area (Å²) in [4.78, 5) is 0. The van der Waals surface area contributed by atoms with Crippen LogP contribution in [0.4, 0.5) is 4.39 Å². The van der Waals surface area contributed by atoms with Crippen molar-refractivity contribution < 1.29 is 18.6 Å². The first-order valence-electron chi connectivity index (χ1n) is 8.42. The molecule has 2 rings (SSSR count). The number of ether oxygens (including phenoxy) is 3. The lowest BCUT2D eigenvalue weighted by molar-refractivity contribution is -0.0967. The highest BCUT2D eigenvalue weighted by atomic mass is 19.1. The SMILES string of the molecule is CCc1ccc(-c2cc(OC)ccc2F)c(C(OC)C(C)(C)OC)c1. The van der Waals surface area contributed by atoms with Gasteiger partial charge in [-0.25, -0.2) is 4.39 Å². The minimum Gasteiger partial charge on any atom is -0.497 e. The van der Waals surface area contributed by atoms with Crippen LogP contribution in [0.5, 0.6) is 5.75 Å². The van der Waals surface area contributed by atoms with E-state index in [-0.39, 0.29) is 11.9 Å². The fourth-order valence-corrected chi connectivity index (χ4v) is 3.02. The van der Waals surface area contributed by atoms with Crippen molar-refractivity contribution in [2.45, 2.75) is 38.9 Å². The van der Waals surface area contributed by atoms with Crippen LogP contribution in [-0.2, 0) is 15.9 Å². The van der Waals surface area contributed by atoms with Crippen LogP contribution in [0.3, 0.4) is 0 Å². The van der Waals surface area contributed by atoms with Crippen molar-refractivity contribution in [1.29, 1.82) is 0 Å². The van der Waals surface area contributed by atoms with Gasteiger partial charge in [0.1, 0.15) is 17.7 Å². The molecule has 0 aromatic heterocycles. The zero-order chi connectivity index (χ0) is 18.6. The summed E-state index contributed by atoms with van der Waals surface area (Å²) >= 11 is 0. The summed E-state index contributed by atoms with van der Waals surface area (Å²) in [6, 6.07) is 10.8. The van der Waals surface area contributed by atoms with Crippen molar-refractivity contribution in [3.05, 3.63) is 53.3 Å². The zero-order valence-corrected chi connectivity index (χ0v) is 15.9. The molecule has 0 bridgehead atoms. The highest BCUT2D eigenvalue weighted by Crippen LogP contribution is 2.39. The summed E-state index contributed by atoms with van der Waals surface area (Å²) in [6.45, 7) is 6.02. The molecule has 1 unspecified atom stereocenters. The molecule has 0 amide bonds. The van der Waals surface area contributed by atoms with Crippen LogP contribution in [0.15, 0.2) is 36.4 Å². The van der Waals surface area contributed by atoms with Crippen LogP contribution in [0, 0.1) is 5.82 Å². The van der Waals surface area contributed by atoms with E-state index in [9.17, 15) is 4.39 Å². The van der Waals surface area contributed by atoms with Crippen molar-refractivity contribution in [3.63, 3.8) is 0 Å². The van der Waals surface area contributed by atoms with E-state index in [1.807, 2.05) is 26.0 Å². The highest BCUT2D eigenvalue weighted by Gasteiger charge is 2.33. The fourth-order valence-electron chi connectivity index (χ4n) is 3.02. The van der Waals surface area contributed by atoms with Gasteiger partial charge in [-0.2, -0.15) is 0 Å². The van der Waals surface area contributed by atoms with Gasteiger partial charge in [-0.05, 0) is 55.2 Å². The summed E-state index contributed by atoms with van der Waals surface area (Å²) in [5.41, 5.74) is 2.78. The van der Waals surface area contributed by atoms with Crippen LogP contribution < -0.4 is 4.74 Å². The first-order valence-corrected chi connectivity index (χ1v) is 8.42. The third-order valence-corrected chi connectivity index (χ3v) is 4.66. The molecule has 0 fully saturated rings. The quantitative estimate of drug-likeness (QED) is 0.692. The van der Waals surface area contributed by atoms with Gasteiger partial charge in [0.05, 0.1) is 12.7 Å². The Hall–Kier alpha value is -1.91. The highest BCUT2D eigenvalue weighted by molar-refractivity contribution is 5.70. The van der Waals surface area contributed by atoms with Crippen molar-refractivity contribution in [3.8, 4) is 16.9 Å². The van der Waals surface area contributed by atoms with Crippen LogP contribution in [0.2, 0.25) is 0 Å². The maximum absolute atomic E-state index is 14.6. The minimum absolute atomic E-state index is 0.295. The topological polar surface area (TPSA) is 27.7 Å². The summed E-state index contributed by atoms with van der Waals surface area (Å²) in [5.74, 6) is 0.318. The Morgan fingerprint density at radius 3 is 2.28 bits per heavy atom. The molecule has 0 N–H and O–H groups in total. The molecule has 0 heterocycles. The number of methoxy groups -OCH3 is 3. The van der Waals surface area contributed by atoms with E-state index in [2.05, 4.69) is 13.0 Å². The molecule has 4 heteroatoms. The summed E-state index contributed by atoms with van der Waals surface area (Å²) in [6.07, 6.45) is 0.544. The number of aryl methyl sites for hydroxylation is 1. The van der Waals surface area contributed by atoms with Crippen LogP contribution in [0.25, 0.3) is 11.1 Å². The molecule has 136 valence electrons. The van der Waals surface area contributed by atoms with Gasteiger partial charge < -0.3 is 14.2 Å². The molecule has 0 aliphatic rings. The third-order valence-electron chi connectivity index (χ3n) is 4.66. The van der Waals surface area contributed by atoms with Crippen LogP contribution in [0.1, 0.15) is 38.0 Å². The van der Waals surface area contributed by atoms with Gasteiger partial charge in [0.2, 0.25) is 0 Å². The summed E-state index contributed by atoms with van der Waals surface area (Å²) in [7, 11) is 4.88. The fraction of sp³-hybridized carbons (Fsp3) is 0.429. The van der Waals surface area contributed by atoms with E-state index >= 15 is 0 Å². The van der Waals surface area contributed by atoms with E-state index in [1.54, 1.807) is 33.5 Å². The number of hydrogen-bond donors (Lipinski definition) is 0. The first kappa shape index (κ1) is 19.4. The van der Waals surface area contributed by atoms with Gasteiger partial charge in [0, 0.05) is 19.8 Å². The third kappa shape index (κ3) is 4.02. The zero-order valence-electron chi connectivity index (χ0n) is 15.9. The van der Waals surface area contributed by atoms with Gasteiger partial charge in [0.25, 0.3) is 0 Å². The maximum atomic E-state index is 14.6. The molecule has 3 nitrogen and oxygen atoms in total. The van der Waals surface area contributed by atoms with Crippen molar-refractivity contribution in [1.82, 2.24) is 0 Å². The second-order valence-corrected chi connectivity index (χ2v) is 6.54. The van der Waals surface area contributed by atoms with E-state index in [1.165, 1.54) is 6.07 Å². The van der Waals surface area contributed by atoms with Gasteiger partial charge in [-0.3, -0.25) is 0 Å². The number of benzene rings is 2. The Kier molecular flexibility index (Phi) is 6.20. The minimum atomic E-state index is -0.564. The standard InChI is InChI=1S/C21H27FO3/c1-7-14-8-10-16(17-13-15(23-4)9-11-19(17)22)18(12-14)20(24-5)21(2,3)25-6/h8-13,20H,7H2,1-6H3. The van der Waals surface area contributed by atoms with Gasteiger partial charge in [-0.15, -0.1) is 0 Å². The van der Waals surface area contributed by atoms with Gasteiger partial charge in [-0.1, -0.05) is 25.1 Å². The first-order chi connectivity index (χ1) is 11.9. The summed E-state index contributed by atoms with van der Waals surface area (Å²) < 4.78 is 31.3. The number of hydrogen-bond acceptors (Lipinski definition) is 3. The average molecular weight is 346 g/mol. The smallest absolute Gasteiger partial charge is 0.131 e. The molecule has 25 heavy (non-hydrogen) atoms. The van der Waals surface area contributed by atoms with Gasteiger partial charge >= 0.3 is 0 Å². The van der Waals surface area contributed by atoms with Crippen molar-refractivity contribution in [2.75, 3.05) is 21.3 Å². The molecule has 0 aliphatic carbocycles. The molecular weight excluding hydrogens is 319 g/mol. The molecule has 2 aromatic carbocycles. The van der Waals surface area contributed by atoms with Crippen LogP contribution in [-0.4, -0.2) is 26.9 Å². The van der Waals surface area contributed by atoms with E-state index in [0.29, 0.717) is 11.3 Å². The second kappa shape index (κ2) is 7.98. The molecular formula is C21H27FO3. The van der Waals surface area contributed by atoms with E-state index in [0.717, 1.165) is 23.1 Å². The van der Waals surface area contributed by atoms with Crippen molar-refractivity contribution >= 4 is 0 Å². The Labute approximate surface area is 149 Å². The van der Waals surface area contributed by atoms with E-state index in [4.69, 9.17) is 14.2 Å². The molecule has 0 spiro atoms. The predicted octanol–water partition coefficient (Wildman–Crippen LogP) is 5.18. The maximum Gasteiger partial charge on any atom is 0.131 e. The Morgan fingerprint density at radius 1 is 1.00 bits per heavy atom. The average Bonchev–Trinajstić information content (AvgIpc) is 2.62. The lowest BCUT2D eigenvalue weighted by Gasteiger charge is -2.34. The lowest BCUT2D eigenvalue weighted by Crippen LogP contribution is -2.33. The normalized spacial score (nSPS) is 12.9. The lowest BCUT2D eigenvalue weighted by atomic mass is 9.86. The Bertz CT molecular complexity index is 725. The number of halogens is 1. The molecule has 0 aliphatic heterocycles. The Balaban J connectivity index is 2.71. The van der Waals surface area contributed by atoms with E-state index < -0.39 is 5.60 Å². The second-order valence-electron chi connectivity index (χ2n) is 6.54. The monoisotopic (exact) mass is 346 g/mol. The van der Waals surface area contributed by atoms with Crippen LogP contribution >= 0.6 is 0 Å². The van der Waals surface area contributed by atoms with Gasteiger partial charge in [0.15, 0.2) is 0 Å². The molecule has 1 atom stereocenters.